The predicted molar refractivity (Wildman–Crippen MR) is 47.0 cm³/mol. The van der Waals surface area contributed by atoms with Gasteiger partial charge in [-0.25, -0.2) is 13.8 Å². The molecule has 1 heterocycles. The van der Waals surface area contributed by atoms with E-state index in [1.54, 1.807) is 6.07 Å². The first-order chi connectivity index (χ1) is 6.60. The maximum atomic E-state index is 12.3. The maximum absolute atomic E-state index is 12.3. The van der Waals surface area contributed by atoms with Crippen molar-refractivity contribution in [1.82, 2.24) is 4.98 Å². The van der Waals surface area contributed by atoms with Crippen LogP contribution in [0, 0.1) is 11.3 Å². The van der Waals surface area contributed by atoms with E-state index >= 15 is 0 Å². The van der Waals surface area contributed by atoms with Gasteiger partial charge in [-0.2, -0.15) is 5.26 Å². The number of carbonyl (C=O) groups is 1. The largest absolute Gasteiger partial charge is 0.296 e. The molecule has 72 valence electrons. The van der Waals surface area contributed by atoms with Gasteiger partial charge >= 0.3 is 0 Å². The van der Waals surface area contributed by atoms with Gasteiger partial charge in [0.15, 0.2) is 6.29 Å². The van der Waals surface area contributed by atoms with E-state index < -0.39 is 12.1 Å². The van der Waals surface area contributed by atoms with Gasteiger partial charge in [0.25, 0.3) is 6.43 Å². The van der Waals surface area contributed by atoms with E-state index in [2.05, 4.69) is 20.9 Å². The second-order valence-electron chi connectivity index (χ2n) is 2.32. The van der Waals surface area contributed by atoms with Crippen LogP contribution in [0.15, 0.2) is 10.5 Å². The summed E-state index contributed by atoms with van der Waals surface area (Å²) in [6.07, 6.45) is -2.51. The Morgan fingerprint density at radius 1 is 1.64 bits per heavy atom. The molecule has 0 unspecified atom stereocenters. The van der Waals surface area contributed by atoms with Crippen LogP contribution in [0.3, 0.4) is 0 Å². The van der Waals surface area contributed by atoms with Crippen LogP contribution in [0.25, 0.3) is 0 Å². The van der Waals surface area contributed by atoms with E-state index in [0.717, 1.165) is 6.07 Å². The number of hydrogen-bond acceptors (Lipinski definition) is 3. The third-order valence-electron chi connectivity index (χ3n) is 1.47. The quantitative estimate of drug-likeness (QED) is 0.768. The number of rotatable bonds is 2. The normalized spacial score (nSPS) is 9.93. The molecular weight excluding hydrogens is 258 g/mol. The van der Waals surface area contributed by atoms with Gasteiger partial charge in [-0.3, -0.25) is 4.79 Å². The van der Waals surface area contributed by atoms with E-state index in [-0.39, 0.29) is 22.0 Å². The second-order valence-corrected chi connectivity index (χ2v) is 3.17. The number of pyridine rings is 1. The van der Waals surface area contributed by atoms with E-state index in [1.807, 2.05) is 0 Å². The number of aldehydes is 1. The lowest BCUT2D eigenvalue weighted by Gasteiger charge is -2.03. The summed E-state index contributed by atoms with van der Waals surface area (Å²) in [6, 6.07) is 2.84. The van der Waals surface area contributed by atoms with Crippen LogP contribution in [0.4, 0.5) is 8.78 Å². The first-order valence-corrected chi connectivity index (χ1v) is 4.23. The highest BCUT2D eigenvalue weighted by Crippen LogP contribution is 2.26. The van der Waals surface area contributed by atoms with E-state index in [1.165, 1.54) is 0 Å². The molecule has 0 saturated heterocycles. The average molecular weight is 261 g/mol. The second kappa shape index (κ2) is 4.24. The Morgan fingerprint density at radius 2 is 2.29 bits per heavy atom. The van der Waals surface area contributed by atoms with Crippen LogP contribution in [-0.2, 0) is 0 Å². The zero-order valence-electron chi connectivity index (χ0n) is 6.67. The molecule has 0 radical (unpaired) electrons. The minimum absolute atomic E-state index is 0.0228. The molecule has 0 spiro atoms. The van der Waals surface area contributed by atoms with Crippen molar-refractivity contribution in [2.24, 2.45) is 0 Å². The molecule has 0 aliphatic carbocycles. The standard InChI is InChI=1S/C8H3BrF2N2O/c9-5-1-4(2-12)6(3-14)13-7(5)8(10)11/h1,3,8H. The Morgan fingerprint density at radius 3 is 2.71 bits per heavy atom. The Hall–Kier alpha value is -1.35. The number of nitriles is 1. The number of alkyl halides is 2. The minimum Gasteiger partial charge on any atom is -0.296 e. The fraction of sp³-hybridized carbons (Fsp3) is 0.125. The molecule has 0 amide bonds. The highest BCUT2D eigenvalue weighted by Gasteiger charge is 2.16. The molecule has 1 aromatic heterocycles. The van der Waals surface area contributed by atoms with Crippen molar-refractivity contribution >= 4 is 22.2 Å². The van der Waals surface area contributed by atoms with Gasteiger partial charge in [0.1, 0.15) is 17.5 Å². The summed E-state index contributed by atoms with van der Waals surface area (Å²) in [4.78, 5) is 13.8. The SMILES string of the molecule is N#Cc1cc(Br)c(C(F)F)nc1C=O. The summed E-state index contributed by atoms with van der Waals surface area (Å²) in [7, 11) is 0. The van der Waals surface area contributed by atoms with Crippen molar-refractivity contribution in [2.45, 2.75) is 6.43 Å². The van der Waals surface area contributed by atoms with E-state index in [4.69, 9.17) is 5.26 Å². The van der Waals surface area contributed by atoms with Gasteiger partial charge in [0, 0.05) is 4.47 Å². The fourth-order valence-electron chi connectivity index (χ4n) is 0.850. The fourth-order valence-corrected chi connectivity index (χ4v) is 1.34. The molecule has 3 nitrogen and oxygen atoms in total. The van der Waals surface area contributed by atoms with Crippen molar-refractivity contribution < 1.29 is 13.6 Å². The molecule has 0 aliphatic heterocycles. The van der Waals surface area contributed by atoms with Gasteiger partial charge in [-0.1, -0.05) is 0 Å². The van der Waals surface area contributed by atoms with Gasteiger partial charge in [-0.15, -0.1) is 0 Å². The van der Waals surface area contributed by atoms with Crippen molar-refractivity contribution in [3.8, 4) is 6.07 Å². The summed E-state index contributed by atoms with van der Waals surface area (Å²) < 4.78 is 24.6. The van der Waals surface area contributed by atoms with Crippen LogP contribution < -0.4 is 0 Å². The molecule has 14 heavy (non-hydrogen) atoms. The Labute approximate surface area is 86.5 Å². The van der Waals surface area contributed by atoms with Crippen LogP contribution in [-0.4, -0.2) is 11.3 Å². The number of halogens is 3. The number of nitrogens with zero attached hydrogens (tertiary/aromatic N) is 2. The predicted octanol–water partition coefficient (Wildman–Crippen LogP) is 2.47. The van der Waals surface area contributed by atoms with E-state index in [9.17, 15) is 13.6 Å². The van der Waals surface area contributed by atoms with Gasteiger partial charge in [0.2, 0.25) is 0 Å². The maximum Gasteiger partial charge on any atom is 0.281 e. The zero-order valence-corrected chi connectivity index (χ0v) is 8.25. The molecule has 1 aromatic rings. The molecule has 0 N–H and O–H groups in total. The highest BCUT2D eigenvalue weighted by molar-refractivity contribution is 9.10. The topological polar surface area (TPSA) is 53.8 Å². The smallest absolute Gasteiger partial charge is 0.281 e. The Balaban J connectivity index is 3.39. The van der Waals surface area contributed by atoms with Crippen molar-refractivity contribution in [2.75, 3.05) is 0 Å². The summed E-state index contributed by atoms with van der Waals surface area (Å²) in [6.45, 7) is 0. The molecule has 0 aromatic carbocycles. The Kier molecular flexibility index (Phi) is 3.25. The van der Waals surface area contributed by atoms with Crippen LogP contribution in [0.1, 0.15) is 28.2 Å². The number of hydrogen-bond donors (Lipinski definition) is 0. The number of aromatic nitrogens is 1. The van der Waals surface area contributed by atoms with Crippen molar-refractivity contribution in [1.29, 1.82) is 5.26 Å². The van der Waals surface area contributed by atoms with Crippen LogP contribution in [0.2, 0.25) is 0 Å². The van der Waals surface area contributed by atoms with E-state index in [0.29, 0.717) is 0 Å². The Bertz CT molecular complexity index is 415. The molecule has 0 atom stereocenters. The first kappa shape index (κ1) is 10.7. The monoisotopic (exact) mass is 260 g/mol. The van der Waals surface area contributed by atoms with Gasteiger partial charge in [0.05, 0.1) is 5.56 Å². The van der Waals surface area contributed by atoms with Gasteiger partial charge < -0.3 is 0 Å². The summed E-state index contributed by atoms with van der Waals surface area (Å²) in [5.41, 5.74) is -0.839. The lowest BCUT2D eigenvalue weighted by molar-refractivity contribution is 0.111. The highest BCUT2D eigenvalue weighted by atomic mass is 79.9. The van der Waals surface area contributed by atoms with Crippen LogP contribution >= 0.6 is 15.9 Å². The minimum atomic E-state index is -2.78. The lowest BCUT2D eigenvalue weighted by atomic mass is 10.2. The van der Waals surface area contributed by atoms with Gasteiger partial charge in [-0.05, 0) is 22.0 Å². The molecule has 0 saturated carbocycles. The summed E-state index contributed by atoms with van der Waals surface area (Å²) in [5.74, 6) is 0. The zero-order chi connectivity index (χ0) is 10.7. The first-order valence-electron chi connectivity index (χ1n) is 3.44. The van der Waals surface area contributed by atoms with Crippen molar-refractivity contribution in [3.63, 3.8) is 0 Å². The molecule has 0 aliphatic rings. The molecule has 0 bridgehead atoms. The molecular formula is C8H3BrF2N2O. The average Bonchev–Trinajstić information content (AvgIpc) is 2.16. The lowest BCUT2D eigenvalue weighted by Crippen LogP contribution is -2.00. The molecule has 1 rings (SSSR count). The summed E-state index contributed by atoms with van der Waals surface area (Å²) in [5, 5.41) is 8.55. The summed E-state index contributed by atoms with van der Waals surface area (Å²) >= 11 is 2.84. The third kappa shape index (κ3) is 1.93. The van der Waals surface area contributed by atoms with Crippen LogP contribution in [0.5, 0.6) is 0 Å². The molecule has 6 heteroatoms. The third-order valence-corrected chi connectivity index (χ3v) is 2.11. The number of carbonyl (C=O) groups excluding carboxylic acids is 1. The van der Waals surface area contributed by atoms with Crippen molar-refractivity contribution in [3.05, 3.63) is 27.5 Å². The molecule has 0 fully saturated rings.